The molecule has 0 aromatic heterocycles. The first-order valence-corrected chi connectivity index (χ1v) is 6.50. The molecule has 2 rings (SSSR count). The fraction of sp³-hybridized carbons (Fsp3) is 0.429. The fourth-order valence-corrected chi connectivity index (χ4v) is 2.27. The van der Waals surface area contributed by atoms with Crippen LogP contribution in [0.2, 0.25) is 0 Å². The van der Waals surface area contributed by atoms with E-state index in [1.165, 1.54) is 0 Å². The predicted octanol–water partition coefficient (Wildman–Crippen LogP) is 1.60. The van der Waals surface area contributed by atoms with E-state index in [1.54, 1.807) is 18.2 Å². The van der Waals surface area contributed by atoms with Gasteiger partial charge < -0.3 is 16.4 Å². The highest BCUT2D eigenvalue weighted by Crippen LogP contribution is 2.18. The molecule has 1 unspecified atom stereocenters. The second-order valence-corrected chi connectivity index (χ2v) is 4.94. The van der Waals surface area contributed by atoms with Gasteiger partial charge in [0.2, 0.25) is 11.8 Å². The summed E-state index contributed by atoms with van der Waals surface area (Å²) in [6.45, 7) is 2.86. The average molecular weight is 298 g/mol. The summed E-state index contributed by atoms with van der Waals surface area (Å²) in [4.78, 5) is 23.1. The summed E-state index contributed by atoms with van der Waals surface area (Å²) in [6, 6.07) is 5.33. The Morgan fingerprint density at radius 3 is 2.80 bits per heavy atom. The van der Waals surface area contributed by atoms with Crippen LogP contribution in [0.1, 0.15) is 35.2 Å². The van der Waals surface area contributed by atoms with Crippen LogP contribution in [0.15, 0.2) is 18.2 Å². The van der Waals surface area contributed by atoms with Gasteiger partial charge in [-0.05, 0) is 44.0 Å². The third-order valence-electron chi connectivity index (χ3n) is 3.39. The Morgan fingerprint density at radius 2 is 2.20 bits per heavy atom. The topological polar surface area (TPSA) is 84.2 Å². The van der Waals surface area contributed by atoms with Crippen molar-refractivity contribution in [2.45, 2.75) is 32.2 Å². The summed E-state index contributed by atoms with van der Waals surface area (Å²) in [5, 5.41) is 6.13. The van der Waals surface area contributed by atoms with Gasteiger partial charge in [-0.2, -0.15) is 0 Å². The lowest BCUT2D eigenvalue weighted by molar-refractivity contribution is -0.116. The van der Waals surface area contributed by atoms with Crippen molar-refractivity contribution in [2.24, 2.45) is 5.73 Å². The van der Waals surface area contributed by atoms with E-state index in [0.29, 0.717) is 17.7 Å². The van der Waals surface area contributed by atoms with Crippen LogP contribution in [-0.4, -0.2) is 24.4 Å². The van der Waals surface area contributed by atoms with E-state index in [9.17, 15) is 9.59 Å². The SMILES string of the molecule is Cc1ccc(C(N)=O)cc1NC(=O)CC1CCCN1.Cl. The molecule has 0 bridgehead atoms. The lowest BCUT2D eigenvalue weighted by Gasteiger charge is -2.12. The Bertz CT molecular complexity index is 499. The molecule has 0 spiro atoms. The summed E-state index contributed by atoms with van der Waals surface area (Å²) in [6.07, 6.45) is 2.61. The zero-order valence-electron chi connectivity index (χ0n) is 11.4. The summed E-state index contributed by atoms with van der Waals surface area (Å²) in [7, 11) is 0. The molecule has 6 heteroatoms. The summed E-state index contributed by atoms with van der Waals surface area (Å²) < 4.78 is 0. The van der Waals surface area contributed by atoms with Crippen molar-refractivity contribution >= 4 is 29.9 Å². The molecule has 1 aliphatic rings. The summed E-state index contributed by atoms with van der Waals surface area (Å²) in [5.74, 6) is -0.530. The molecule has 20 heavy (non-hydrogen) atoms. The Morgan fingerprint density at radius 1 is 1.45 bits per heavy atom. The molecule has 0 radical (unpaired) electrons. The maximum atomic E-state index is 11.9. The first kappa shape index (κ1) is 16.5. The first-order valence-electron chi connectivity index (χ1n) is 6.50. The van der Waals surface area contributed by atoms with Crippen LogP contribution in [0.5, 0.6) is 0 Å². The van der Waals surface area contributed by atoms with Crippen molar-refractivity contribution in [3.63, 3.8) is 0 Å². The smallest absolute Gasteiger partial charge is 0.248 e. The van der Waals surface area contributed by atoms with Crippen molar-refractivity contribution in [2.75, 3.05) is 11.9 Å². The van der Waals surface area contributed by atoms with Gasteiger partial charge in [-0.3, -0.25) is 9.59 Å². The molecule has 1 saturated heterocycles. The van der Waals surface area contributed by atoms with Crippen LogP contribution in [-0.2, 0) is 4.79 Å². The molecule has 110 valence electrons. The minimum atomic E-state index is -0.493. The number of nitrogens with two attached hydrogens (primary N) is 1. The highest BCUT2D eigenvalue weighted by Gasteiger charge is 2.18. The quantitative estimate of drug-likeness (QED) is 0.789. The third kappa shape index (κ3) is 4.21. The second kappa shape index (κ2) is 7.26. The average Bonchev–Trinajstić information content (AvgIpc) is 2.84. The molecule has 5 nitrogen and oxygen atoms in total. The van der Waals surface area contributed by atoms with Crippen molar-refractivity contribution < 1.29 is 9.59 Å². The van der Waals surface area contributed by atoms with Gasteiger partial charge in [0.1, 0.15) is 0 Å². The number of primary amides is 1. The molecular weight excluding hydrogens is 278 g/mol. The second-order valence-electron chi connectivity index (χ2n) is 4.94. The minimum Gasteiger partial charge on any atom is -0.366 e. The van der Waals surface area contributed by atoms with E-state index in [4.69, 9.17) is 5.73 Å². The van der Waals surface area contributed by atoms with E-state index in [0.717, 1.165) is 24.9 Å². The number of rotatable bonds is 4. The van der Waals surface area contributed by atoms with E-state index < -0.39 is 5.91 Å². The number of nitrogens with one attached hydrogen (secondary N) is 2. The first-order chi connectivity index (χ1) is 9.06. The van der Waals surface area contributed by atoms with Crippen LogP contribution >= 0.6 is 12.4 Å². The third-order valence-corrected chi connectivity index (χ3v) is 3.39. The molecule has 1 heterocycles. The summed E-state index contributed by atoms with van der Waals surface area (Å²) in [5.41, 5.74) is 7.20. The minimum absolute atomic E-state index is 0. The van der Waals surface area contributed by atoms with Crippen LogP contribution in [0, 0.1) is 6.92 Å². The maximum Gasteiger partial charge on any atom is 0.248 e. The molecule has 2 amide bonds. The van der Waals surface area contributed by atoms with Gasteiger partial charge in [0.25, 0.3) is 0 Å². The number of anilines is 1. The molecule has 1 aromatic carbocycles. The maximum absolute atomic E-state index is 11.9. The number of benzene rings is 1. The molecule has 0 aliphatic carbocycles. The number of hydrogen-bond acceptors (Lipinski definition) is 3. The number of amides is 2. The van der Waals surface area contributed by atoms with E-state index >= 15 is 0 Å². The van der Waals surface area contributed by atoms with Crippen LogP contribution in [0.4, 0.5) is 5.69 Å². The van der Waals surface area contributed by atoms with Crippen molar-refractivity contribution in [1.82, 2.24) is 5.32 Å². The lowest BCUT2D eigenvalue weighted by Crippen LogP contribution is -2.27. The van der Waals surface area contributed by atoms with Crippen molar-refractivity contribution in [1.29, 1.82) is 0 Å². The van der Waals surface area contributed by atoms with Crippen molar-refractivity contribution in [3.05, 3.63) is 29.3 Å². The zero-order valence-corrected chi connectivity index (χ0v) is 12.3. The van der Waals surface area contributed by atoms with Gasteiger partial charge in [-0.15, -0.1) is 12.4 Å². The van der Waals surface area contributed by atoms with E-state index in [1.807, 2.05) is 6.92 Å². The van der Waals surface area contributed by atoms with E-state index in [2.05, 4.69) is 10.6 Å². The molecule has 1 fully saturated rings. The molecule has 4 N–H and O–H groups in total. The Balaban J connectivity index is 0.00000200. The van der Waals surface area contributed by atoms with Gasteiger partial charge in [-0.1, -0.05) is 6.07 Å². The van der Waals surface area contributed by atoms with Crippen LogP contribution < -0.4 is 16.4 Å². The predicted molar refractivity (Wildman–Crippen MR) is 81.2 cm³/mol. The van der Waals surface area contributed by atoms with Gasteiger partial charge in [0.15, 0.2) is 0 Å². The van der Waals surface area contributed by atoms with Crippen LogP contribution in [0.25, 0.3) is 0 Å². The number of carbonyl (C=O) groups excluding carboxylic acids is 2. The molecule has 0 saturated carbocycles. The highest BCUT2D eigenvalue weighted by atomic mass is 35.5. The summed E-state index contributed by atoms with van der Waals surface area (Å²) >= 11 is 0. The number of aryl methyl sites for hydroxylation is 1. The molecule has 1 atom stereocenters. The number of hydrogen-bond donors (Lipinski definition) is 3. The molecule has 1 aliphatic heterocycles. The monoisotopic (exact) mass is 297 g/mol. The lowest BCUT2D eigenvalue weighted by atomic mass is 10.1. The van der Waals surface area contributed by atoms with Gasteiger partial charge in [0.05, 0.1) is 0 Å². The van der Waals surface area contributed by atoms with E-state index in [-0.39, 0.29) is 24.4 Å². The van der Waals surface area contributed by atoms with Gasteiger partial charge in [-0.25, -0.2) is 0 Å². The zero-order chi connectivity index (χ0) is 13.8. The molecule has 1 aromatic rings. The number of halogens is 1. The Kier molecular flexibility index (Phi) is 5.98. The Hall–Kier alpha value is -1.59. The highest BCUT2D eigenvalue weighted by molar-refractivity contribution is 5.97. The Labute approximate surface area is 124 Å². The standard InChI is InChI=1S/C14H19N3O2.ClH/c1-9-4-5-10(14(15)19)7-12(9)17-13(18)8-11-3-2-6-16-11;/h4-5,7,11,16H,2-3,6,8H2,1H3,(H2,15,19)(H,17,18);1H. The normalized spacial score (nSPS) is 17.4. The number of carbonyl (C=O) groups is 2. The van der Waals surface area contributed by atoms with Gasteiger partial charge in [0, 0.05) is 23.7 Å². The van der Waals surface area contributed by atoms with Crippen LogP contribution in [0.3, 0.4) is 0 Å². The fourth-order valence-electron chi connectivity index (χ4n) is 2.27. The molecular formula is C14H20ClN3O2. The van der Waals surface area contributed by atoms with Crippen molar-refractivity contribution in [3.8, 4) is 0 Å². The largest absolute Gasteiger partial charge is 0.366 e. The van der Waals surface area contributed by atoms with Gasteiger partial charge >= 0.3 is 0 Å².